The molecule has 0 bridgehead atoms. The maximum Gasteiger partial charge on any atom is 0.391 e. The van der Waals surface area contributed by atoms with E-state index in [1.54, 1.807) is 0 Å². The molecular weight excluding hydrogens is 263 g/mol. The predicted molar refractivity (Wildman–Crippen MR) is 63.4 cm³/mol. The Morgan fingerprint density at radius 3 is 2.72 bits per heavy atom. The lowest BCUT2D eigenvalue weighted by Crippen LogP contribution is -2.28. The van der Waals surface area contributed by atoms with Crippen LogP contribution in [-0.2, 0) is 6.42 Å². The molecule has 2 rings (SSSR count). The van der Waals surface area contributed by atoms with Crippen LogP contribution in [0.5, 0.6) is 0 Å². The maximum absolute atomic E-state index is 12.7. The first-order valence-corrected chi connectivity index (χ1v) is 6.91. The van der Waals surface area contributed by atoms with Gasteiger partial charge in [-0.15, -0.1) is 21.5 Å². The molecule has 1 heterocycles. The summed E-state index contributed by atoms with van der Waals surface area (Å²) in [5.74, 6) is -1.27. The van der Waals surface area contributed by atoms with Crippen LogP contribution in [-0.4, -0.2) is 22.9 Å². The smallest absolute Gasteiger partial charge is 0.330 e. The Balaban J connectivity index is 2.03. The zero-order valence-electron chi connectivity index (χ0n) is 9.91. The van der Waals surface area contributed by atoms with Gasteiger partial charge in [0.15, 0.2) is 0 Å². The lowest BCUT2D eigenvalue weighted by atomic mass is 9.81. The topological polar surface area (TPSA) is 51.8 Å². The molecule has 2 atom stereocenters. The largest absolute Gasteiger partial charge is 0.391 e. The van der Waals surface area contributed by atoms with Gasteiger partial charge in [0.2, 0.25) is 0 Å². The number of aromatic nitrogens is 2. The fraction of sp³-hybridized carbons (Fsp3) is 0.818. The van der Waals surface area contributed by atoms with Crippen molar-refractivity contribution in [1.29, 1.82) is 0 Å². The number of hydrogen-bond donors (Lipinski definition) is 1. The number of hydrogen-bond acceptors (Lipinski definition) is 4. The van der Waals surface area contributed by atoms with E-state index in [4.69, 9.17) is 5.73 Å². The zero-order valence-corrected chi connectivity index (χ0v) is 10.7. The molecule has 1 aromatic heterocycles. The van der Waals surface area contributed by atoms with Crippen LogP contribution in [0.1, 0.15) is 41.6 Å². The highest BCUT2D eigenvalue weighted by Crippen LogP contribution is 2.44. The minimum Gasteiger partial charge on any atom is -0.330 e. The summed E-state index contributed by atoms with van der Waals surface area (Å²) in [4.78, 5) is 0. The maximum atomic E-state index is 12.7. The van der Waals surface area contributed by atoms with Gasteiger partial charge in [0.25, 0.3) is 0 Å². The van der Waals surface area contributed by atoms with E-state index >= 15 is 0 Å². The van der Waals surface area contributed by atoms with Gasteiger partial charge in [0.05, 0.1) is 5.92 Å². The summed E-state index contributed by atoms with van der Waals surface area (Å²) >= 11 is 1.41. The monoisotopic (exact) mass is 279 g/mol. The normalized spacial score (nSPS) is 25.3. The van der Waals surface area contributed by atoms with E-state index in [1.807, 2.05) is 0 Å². The molecule has 0 saturated heterocycles. The van der Waals surface area contributed by atoms with Crippen LogP contribution in [0, 0.1) is 5.92 Å². The molecule has 2 N–H and O–H groups in total. The molecule has 1 fully saturated rings. The first kappa shape index (κ1) is 13.7. The molecule has 0 radical (unpaired) electrons. The van der Waals surface area contributed by atoms with E-state index < -0.39 is 12.1 Å². The van der Waals surface area contributed by atoms with Crippen molar-refractivity contribution in [2.45, 2.75) is 44.2 Å². The molecule has 1 aromatic rings. The second-order valence-electron chi connectivity index (χ2n) is 4.67. The van der Waals surface area contributed by atoms with Crippen molar-refractivity contribution in [2.24, 2.45) is 11.7 Å². The summed E-state index contributed by atoms with van der Waals surface area (Å²) in [7, 11) is 0. The molecule has 2 unspecified atom stereocenters. The molecule has 0 aliphatic heterocycles. The second-order valence-corrected chi connectivity index (χ2v) is 5.77. The van der Waals surface area contributed by atoms with Crippen LogP contribution in [0.2, 0.25) is 0 Å². The van der Waals surface area contributed by atoms with Gasteiger partial charge < -0.3 is 5.73 Å². The number of nitrogens with zero attached hydrogens (tertiary/aromatic N) is 2. The van der Waals surface area contributed by atoms with Crippen LogP contribution in [0.15, 0.2) is 0 Å². The van der Waals surface area contributed by atoms with Crippen LogP contribution >= 0.6 is 11.3 Å². The molecule has 1 saturated carbocycles. The molecule has 1 aliphatic carbocycles. The summed E-state index contributed by atoms with van der Waals surface area (Å²) in [5.41, 5.74) is 5.42. The number of halogens is 3. The minimum atomic E-state index is -4.08. The highest BCUT2D eigenvalue weighted by atomic mass is 32.1. The Bertz CT molecular complexity index is 391. The predicted octanol–water partition coefficient (Wildman–Crippen LogP) is 2.88. The van der Waals surface area contributed by atoms with Crippen molar-refractivity contribution in [1.82, 2.24) is 10.2 Å². The SMILES string of the molecule is NCCc1nnc(C2CCCC(C(F)(F)F)C2)s1. The third-order valence-corrected chi connectivity index (χ3v) is 4.47. The number of rotatable bonds is 3. The molecule has 0 aromatic carbocycles. The van der Waals surface area contributed by atoms with E-state index in [0.29, 0.717) is 19.4 Å². The van der Waals surface area contributed by atoms with Crippen molar-refractivity contribution in [3.05, 3.63) is 10.0 Å². The van der Waals surface area contributed by atoms with Crippen molar-refractivity contribution in [3.8, 4) is 0 Å². The van der Waals surface area contributed by atoms with Crippen molar-refractivity contribution in [3.63, 3.8) is 0 Å². The van der Waals surface area contributed by atoms with E-state index in [-0.39, 0.29) is 18.8 Å². The summed E-state index contributed by atoms with van der Waals surface area (Å²) in [6.45, 7) is 0.491. The Hall–Kier alpha value is -0.690. The Morgan fingerprint density at radius 2 is 2.06 bits per heavy atom. The molecule has 0 spiro atoms. The highest BCUT2D eigenvalue weighted by Gasteiger charge is 2.42. The summed E-state index contributed by atoms with van der Waals surface area (Å²) in [6.07, 6.45) is -1.64. The molecule has 1 aliphatic rings. The fourth-order valence-corrected chi connectivity index (χ4v) is 3.37. The van der Waals surface area contributed by atoms with Gasteiger partial charge in [0.1, 0.15) is 10.0 Å². The minimum absolute atomic E-state index is 0.0885. The van der Waals surface area contributed by atoms with Gasteiger partial charge in [-0.2, -0.15) is 13.2 Å². The summed E-state index contributed by atoms with van der Waals surface area (Å²) in [6, 6.07) is 0. The molecule has 0 amide bonds. The van der Waals surface area contributed by atoms with E-state index in [2.05, 4.69) is 10.2 Å². The Kier molecular flexibility index (Phi) is 4.21. The van der Waals surface area contributed by atoms with Crippen LogP contribution in [0.25, 0.3) is 0 Å². The van der Waals surface area contributed by atoms with Gasteiger partial charge in [-0.3, -0.25) is 0 Å². The summed E-state index contributed by atoms with van der Waals surface area (Å²) < 4.78 is 38.1. The van der Waals surface area contributed by atoms with Crippen LogP contribution in [0.3, 0.4) is 0 Å². The lowest BCUT2D eigenvalue weighted by molar-refractivity contribution is -0.183. The quantitative estimate of drug-likeness (QED) is 0.925. The first-order chi connectivity index (χ1) is 8.50. The first-order valence-electron chi connectivity index (χ1n) is 6.09. The van der Waals surface area contributed by atoms with Crippen molar-refractivity contribution in [2.75, 3.05) is 6.54 Å². The van der Waals surface area contributed by atoms with Crippen molar-refractivity contribution < 1.29 is 13.2 Å². The number of alkyl halides is 3. The standard InChI is InChI=1S/C11H16F3N3S/c12-11(13,14)8-3-1-2-7(6-8)10-17-16-9(18-10)4-5-15/h7-8H,1-6,15H2. The number of nitrogens with two attached hydrogens (primary N) is 1. The third kappa shape index (κ3) is 3.20. The van der Waals surface area contributed by atoms with E-state index in [0.717, 1.165) is 16.4 Å². The zero-order chi connectivity index (χ0) is 13.2. The molecular formula is C11H16F3N3S. The molecule has 3 nitrogen and oxygen atoms in total. The van der Waals surface area contributed by atoms with Gasteiger partial charge in [-0.05, 0) is 25.8 Å². The highest BCUT2D eigenvalue weighted by molar-refractivity contribution is 7.11. The van der Waals surface area contributed by atoms with Gasteiger partial charge in [0, 0.05) is 12.3 Å². The average Bonchev–Trinajstić information content (AvgIpc) is 2.77. The van der Waals surface area contributed by atoms with Crippen molar-refractivity contribution >= 4 is 11.3 Å². The second kappa shape index (κ2) is 5.52. The Morgan fingerprint density at radius 1 is 1.28 bits per heavy atom. The molecule has 18 heavy (non-hydrogen) atoms. The Labute approximate surface area is 108 Å². The molecule has 102 valence electrons. The van der Waals surface area contributed by atoms with E-state index in [1.165, 1.54) is 11.3 Å². The lowest BCUT2D eigenvalue weighted by Gasteiger charge is -2.29. The van der Waals surface area contributed by atoms with Crippen LogP contribution < -0.4 is 5.73 Å². The summed E-state index contributed by atoms with van der Waals surface area (Å²) in [5, 5.41) is 9.56. The third-order valence-electron chi connectivity index (χ3n) is 3.33. The van der Waals surface area contributed by atoms with Gasteiger partial charge >= 0.3 is 6.18 Å². The fourth-order valence-electron chi connectivity index (χ4n) is 2.37. The molecule has 7 heteroatoms. The average molecular weight is 279 g/mol. The van der Waals surface area contributed by atoms with Gasteiger partial charge in [-0.25, -0.2) is 0 Å². The van der Waals surface area contributed by atoms with Gasteiger partial charge in [-0.1, -0.05) is 6.42 Å². The van der Waals surface area contributed by atoms with E-state index in [9.17, 15) is 13.2 Å². The van der Waals surface area contributed by atoms with Crippen LogP contribution in [0.4, 0.5) is 13.2 Å².